The summed E-state index contributed by atoms with van der Waals surface area (Å²) in [5.41, 5.74) is 0.231. The van der Waals surface area contributed by atoms with Gasteiger partial charge in [-0.25, -0.2) is 0 Å². The van der Waals surface area contributed by atoms with E-state index in [1.807, 2.05) is 0 Å². The maximum Gasteiger partial charge on any atom is 0.229 e. The van der Waals surface area contributed by atoms with Gasteiger partial charge < -0.3 is 26.2 Å². The zero-order valence-corrected chi connectivity index (χ0v) is 38.5. The summed E-state index contributed by atoms with van der Waals surface area (Å²) < 4.78 is 0. The highest BCUT2D eigenvalue weighted by Crippen LogP contribution is 2.40. The highest BCUT2D eigenvalue weighted by atomic mass is 16.7. The van der Waals surface area contributed by atoms with Crippen molar-refractivity contribution in [3.8, 4) is 0 Å². The summed E-state index contributed by atoms with van der Waals surface area (Å²) in [6, 6.07) is 0. The van der Waals surface area contributed by atoms with E-state index < -0.39 is 11.2 Å². The van der Waals surface area contributed by atoms with Gasteiger partial charge in [0.15, 0.2) is 0 Å². The van der Waals surface area contributed by atoms with Gasteiger partial charge in [0.05, 0.1) is 35.5 Å². The molecule has 0 atom stereocenters. The van der Waals surface area contributed by atoms with Crippen LogP contribution in [-0.4, -0.2) is 101 Å². The lowest BCUT2D eigenvalue weighted by molar-refractivity contribution is -0.276. The fraction of sp³-hybridized carbons (Fsp3) is 0.844. The SMILES string of the molecule is CCCCCCCCNc1nc(NCCCCC2=CC(C)(C)N(OCC(C)(C)O)C(C)(C)C2)nc(NCCCCC2=CC(C)(C)N(OCC(C)(C)O)C(C)(C)C2)n1. The average molecular weight is 801 g/mol. The third-order valence-corrected chi connectivity index (χ3v) is 10.5. The van der Waals surface area contributed by atoms with Crippen LogP contribution in [0.1, 0.15) is 180 Å². The van der Waals surface area contributed by atoms with E-state index in [0.717, 1.165) is 77.4 Å². The van der Waals surface area contributed by atoms with Crippen LogP contribution in [-0.2, 0) is 9.68 Å². The Morgan fingerprint density at radius 1 is 0.561 bits per heavy atom. The quantitative estimate of drug-likeness (QED) is 0.0450. The van der Waals surface area contributed by atoms with Crippen LogP contribution in [0.2, 0.25) is 0 Å². The molecule has 57 heavy (non-hydrogen) atoms. The van der Waals surface area contributed by atoms with Gasteiger partial charge in [0.2, 0.25) is 17.8 Å². The van der Waals surface area contributed by atoms with Crippen molar-refractivity contribution in [2.24, 2.45) is 0 Å². The minimum Gasteiger partial charge on any atom is -0.388 e. The molecule has 2 aliphatic rings. The molecule has 5 N–H and O–H groups in total. The van der Waals surface area contributed by atoms with Crippen molar-refractivity contribution >= 4 is 17.8 Å². The van der Waals surface area contributed by atoms with Crippen molar-refractivity contribution in [1.29, 1.82) is 0 Å². The highest BCUT2D eigenvalue weighted by Gasteiger charge is 2.44. The Morgan fingerprint density at radius 3 is 1.23 bits per heavy atom. The molecule has 0 fully saturated rings. The molecule has 0 aromatic carbocycles. The number of aliphatic hydroxyl groups is 2. The summed E-state index contributed by atoms with van der Waals surface area (Å²) in [6.45, 7) is 29.9. The lowest BCUT2D eigenvalue weighted by Gasteiger charge is -2.50. The second kappa shape index (κ2) is 21.3. The smallest absolute Gasteiger partial charge is 0.229 e. The molecule has 3 rings (SSSR count). The predicted octanol–water partition coefficient (Wildman–Crippen LogP) is 9.59. The molecule has 0 saturated heterocycles. The van der Waals surface area contributed by atoms with Crippen molar-refractivity contribution in [2.75, 3.05) is 48.8 Å². The lowest BCUT2D eigenvalue weighted by atomic mass is 9.81. The zero-order valence-electron chi connectivity index (χ0n) is 38.5. The lowest BCUT2D eigenvalue weighted by Crippen LogP contribution is -2.58. The number of hydroxylamine groups is 4. The van der Waals surface area contributed by atoms with E-state index in [4.69, 9.17) is 24.6 Å². The van der Waals surface area contributed by atoms with Gasteiger partial charge in [0, 0.05) is 30.7 Å². The first-order valence-electron chi connectivity index (χ1n) is 22.1. The van der Waals surface area contributed by atoms with Crippen LogP contribution in [0.25, 0.3) is 0 Å². The Hall–Kier alpha value is -2.35. The van der Waals surface area contributed by atoms with Gasteiger partial charge in [-0.05, 0) is 141 Å². The fourth-order valence-electron chi connectivity index (χ4n) is 8.55. The normalized spacial score (nSPS) is 19.6. The van der Waals surface area contributed by atoms with Crippen LogP contribution >= 0.6 is 0 Å². The summed E-state index contributed by atoms with van der Waals surface area (Å²) in [6.07, 6.45) is 20.2. The van der Waals surface area contributed by atoms with Crippen molar-refractivity contribution in [2.45, 2.75) is 213 Å². The van der Waals surface area contributed by atoms with Crippen LogP contribution < -0.4 is 16.0 Å². The highest BCUT2D eigenvalue weighted by molar-refractivity contribution is 5.42. The Balaban J connectivity index is 1.54. The first-order valence-corrected chi connectivity index (χ1v) is 22.1. The summed E-state index contributed by atoms with van der Waals surface area (Å²) in [4.78, 5) is 26.6. The summed E-state index contributed by atoms with van der Waals surface area (Å²) in [5.74, 6) is 1.82. The molecule has 3 heterocycles. The minimum atomic E-state index is -0.883. The van der Waals surface area contributed by atoms with Gasteiger partial charge in [-0.15, -0.1) is 0 Å². The molecule has 12 heteroatoms. The molecule has 0 unspecified atom stereocenters. The van der Waals surface area contributed by atoms with E-state index in [9.17, 15) is 10.2 Å². The van der Waals surface area contributed by atoms with Crippen LogP contribution in [0, 0.1) is 0 Å². The molecule has 0 amide bonds. The number of hydrogen-bond acceptors (Lipinski definition) is 12. The molecule has 328 valence electrons. The van der Waals surface area contributed by atoms with Crippen LogP contribution in [0.4, 0.5) is 17.8 Å². The van der Waals surface area contributed by atoms with Crippen molar-refractivity contribution in [3.05, 3.63) is 23.3 Å². The number of unbranched alkanes of at least 4 members (excludes halogenated alkanes) is 7. The van der Waals surface area contributed by atoms with Crippen LogP contribution in [0.15, 0.2) is 23.3 Å². The minimum absolute atomic E-state index is 0.179. The van der Waals surface area contributed by atoms with E-state index >= 15 is 0 Å². The maximum atomic E-state index is 10.3. The predicted molar refractivity (Wildman–Crippen MR) is 236 cm³/mol. The molecule has 0 aliphatic carbocycles. The van der Waals surface area contributed by atoms with E-state index in [2.05, 4.69) is 101 Å². The van der Waals surface area contributed by atoms with Crippen molar-refractivity contribution in [1.82, 2.24) is 25.1 Å². The Bertz CT molecular complexity index is 1330. The first-order chi connectivity index (χ1) is 26.4. The molecular formula is C45H84N8O4. The Labute approximate surface area is 347 Å². The van der Waals surface area contributed by atoms with Gasteiger partial charge in [0.1, 0.15) is 0 Å². The van der Waals surface area contributed by atoms with Gasteiger partial charge >= 0.3 is 0 Å². The van der Waals surface area contributed by atoms with Crippen LogP contribution in [0.3, 0.4) is 0 Å². The zero-order chi connectivity index (χ0) is 42.5. The monoisotopic (exact) mass is 801 g/mol. The Morgan fingerprint density at radius 2 is 0.895 bits per heavy atom. The third kappa shape index (κ3) is 17.4. The van der Waals surface area contributed by atoms with Crippen LogP contribution in [0.5, 0.6) is 0 Å². The average Bonchev–Trinajstić information content (AvgIpc) is 3.04. The molecule has 12 nitrogen and oxygen atoms in total. The maximum absolute atomic E-state index is 10.3. The summed E-state index contributed by atoms with van der Waals surface area (Å²) in [5, 5.41) is 35.1. The van der Waals surface area contributed by atoms with E-state index in [1.165, 1.54) is 43.3 Å². The molecular weight excluding hydrogens is 717 g/mol. The molecule has 0 bridgehead atoms. The molecule has 2 aliphatic heterocycles. The Kier molecular flexibility index (Phi) is 18.3. The van der Waals surface area contributed by atoms with Gasteiger partial charge in [0.25, 0.3) is 0 Å². The molecule has 1 aromatic rings. The molecule has 0 radical (unpaired) electrons. The number of rotatable bonds is 26. The number of nitrogens with one attached hydrogen (secondary N) is 3. The van der Waals surface area contributed by atoms with E-state index in [-0.39, 0.29) is 35.4 Å². The first kappa shape index (κ1) is 49.0. The number of aromatic nitrogens is 3. The number of hydrogen-bond donors (Lipinski definition) is 5. The van der Waals surface area contributed by atoms with Crippen molar-refractivity contribution in [3.63, 3.8) is 0 Å². The number of anilines is 3. The van der Waals surface area contributed by atoms with Gasteiger partial charge in [-0.1, -0.05) is 62.3 Å². The number of nitrogens with zero attached hydrogens (tertiary/aromatic N) is 5. The van der Waals surface area contributed by atoms with E-state index in [1.54, 1.807) is 27.7 Å². The second-order valence-corrected chi connectivity index (χ2v) is 20.4. The topological polar surface area (TPSA) is 140 Å². The van der Waals surface area contributed by atoms with Gasteiger partial charge in [-0.2, -0.15) is 25.1 Å². The summed E-state index contributed by atoms with van der Waals surface area (Å²) >= 11 is 0. The third-order valence-electron chi connectivity index (χ3n) is 10.5. The van der Waals surface area contributed by atoms with Gasteiger partial charge in [-0.3, -0.25) is 9.68 Å². The second-order valence-electron chi connectivity index (χ2n) is 20.4. The van der Waals surface area contributed by atoms with E-state index in [0.29, 0.717) is 17.8 Å². The largest absolute Gasteiger partial charge is 0.388 e. The molecule has 0 saturated carbocycles. The molecule has 0 spiro atoms. The van der Waals surface area contributed by atoms with Crippen molar-refractivity contribution < 1.29 is 19.9 Å². The summed E-state index contributed by atoms with van der Waals surface area (Å²) in [7, 11) is 0. The fourth-order valence-corrected chi connectivity index (χ4v) is 8.55. The molecule has 1 aromatic heterocycles. The standard InChI is InChI=1S/C45H84N8O4/c1-14-15-16-17-18-21-26-46-37-49-38(47-27-22-19-24-35-29-40(2,3)52(41(4,5)30-35)56-33-44(10,11)54)51-39(50-37)48-28-23-20-25-36-31-42(6,7)53(43(8,9)32-36)57-34-45(12,13)55/h29,31,54-55H,14-28,30,32-34H2,1-13H3,(H3,46,47,48,49,50,51).